The van der Waals surface area contributed by atoms with Gasteiger partial charge in [-0.25, -0.2) is 4.39 Å². The van der Waals surface area contributed by atoms with Gasteiger partial charge in [-0.15, -0.1) is 0 Å². The van der Waals surface area contributed by atoms with Crippen molar-refractivity contribution in [1.82, 2.24) is 15.5 Å². The van der Waals surface area contributed by atoms with Gasteiger partial charge in [0.15, 0.2) is 0 Å². The Kier molecular flexibility index (Phi) is 5.92. The number of carbonyl (C=O) groups excluding carboxylic acids is 1. The number of para-hydroxylation sites is 1. The lowest BCUT2D eigenvalue weighted by Crippen LogP contribution is -2.27. The second kappa shape index (κ2) is 8.75. The number of carbonyl (C=O) groups is 1. The summed E-state index contributed by atoms with van der Waals surface area (Å²) >= 11 is 0. The summed E-state index contributed by atoms with van der Waals surface area (Å²) in [6.45, 7) is 0.695. The number of hydrogen-bond acceptors (Lipinski definition) is 5. The minimum absolute atomic E-state index is 0.112. The number of nitrogens with zero attached hydrogens (tertiary/aromatic N) is 2. The summed E-state index contributed by atoms with van der Waals surface area (Å²) in [6, 6.07) is 15.2. The minimum Gasteiger partial charge on any atom is -0.493 e. The number of nitrogens with one attached hydrogen (secondary N) is 1. The molecule has 0 saturated carbocycles. The van der Waals surface area contributed by atoms with Gasteiger partial charge in [0.1, 0.15) is 11.6 Å². The Labute approximate surface area is 150 Å². The second-order valence-corrected chi connectivity index (χ2v) is 5.53. The van der Waals surface area contributed by atoms with Gasteiger partial charge in [-0.1, -0.05) is 23.4 Å². The van der Waals surface area contributed by atoms with E-state index in [0.29, 0.717) is 36.9 Å². The van der Waals surface area contributed by atoms with Crippen molar-refractivity contribution < 1.29 is 18.4 Å². The molecule has 0 aliphatic carbocycles. The molecule has 1 aromatic heterocycles. The van der Waals surface area contributed by atoms with Gasteiger partial charge in [0.25, 0.3) is 0 Å². The van der Waals surface area contributed by atoms with Crippen LogP contribution in [0.5, 0.6) is 5.75 Å². The SMILES string of the molecule is O=C(CCOc1ccccc1)NCCc1nc(-c2ccc(F)cc2)no1. The highest BCUT2D eigenvalue weighted by Crippen LogP contribution is 2.16. The number of halogens is 1. The van der Waals surface area contributed by atoms with Gasteiger partial charge in [-0.05, 0) is 36.4 Å². The highest BCUT2D eigenvalue weighted by atomic mass is 19.1. The van der Waals surface area contributed by atoms with E-state index in [1.54, 1.807) is 12.1 Å². The monoisotopic (exact) mass is 355 g/mol. The fraction of sp³-hybridized carbons (Fsp3) is 0.211. The first-order valence-electron chi connectivity index (χ1n) is 8.24. The van der Waals surface area contributed by atoms with E-state index in [0.717, 1.165) is 5.75 Å². The molecule has 1 amide bonds. The van der Waals surface area contributed by atoms with Crippen molar-refractivity contribution in [3.05, 3.63) is 66.3 Å². The molecule has 0 atom stereocenters. The molecular formula is C19H18FN3O3. The lowest BCUT2D eigenvalue weighted by Gasteiger charge is -2.06. The van der Waals surface area contributed by atoms with Gasteiger partial charge in [-0.3, -0.25) is 4.79 Å². The van der Waals surface area contributed by atoms with Gasteiger partial charge in [0.2, 0.25) is 17.6 Å². The smallest absolute Gasteiger partial charge is 0.228 e. The van der Waals surface area contributed by atoms with Crippen molar-refractivity contribution in [2.75, 3.05) is 13.2 Å². The molecule has 6 nitrogen and oxygen atoms in total. The third kappa shape index (κ3) is 5.14. The number of benzene rings is 2. The standard InChI is InChI=1S/C19H18FN3O3/c20-15-8-6-14(7-9-15)19-22-18(26-23-19)10-12-21-17(24)11-13-25-16-4-2-1-3-5-16/h1-9H,10-13H2,(H,21,24). The van der Waals surface area contributed by atoms with Crippen molar-refractivity contribution in [3.8, 4) is 17.1 Å². The first-order valence-corrected chi connectivity index (χ1v) is 8.24. The van der Waals surface area contributed by atoms with Crippen LogP contribution >= 0.6 is 0 Å². The summed E-state index contributed by atoms with van der Waals surface area (Å²) in [7, 11) is 0. The molecule has 3 aromatic rings. The molecule has 1 N–H and O–H groups in total. The van der Waals surface area contributed by atoms with Crippen LogP contribution in [-0.4, -0.2) is 29.2 Å². The van der Waals surface area contributed by atoms with Crippen LogP contribution in [0.1, 0.15) is 12.3 Å². The first-order chi connectivity index (χ1) is 12.7. The zero-order valence-electron chi connectivity index (χ0n) is 14.0. The third-order valence-electron chi connectivity index (χ3n) is 3.57. The van der Waals surface area contributed by atoms with E-state index in [2.05, 4.69) is 15.5 Å². The molecular weight excluding hydrogens is 337 g/mol. The van der Waals surface area contributed by atoms with E-state index >= 15 is 0 Å². The summed E-state index contributed by atoms with van der Waals surface area (Å²) in [5.41, 5.74) is 0.670. The van der Waals surface area contributed by atoms with Gasteiger partial charge in [0.05, 0.1) is 13.0 Å². The molecule has 0 saturated heterocycles. The summed E-state index contributed by atoms with van der Waals surface area (Å²) in [6.07, 6.45) is 0.680. The average Bonchev–Trinajstić information content (AvgIpc) is 3.12. The largest absolute Gasteiger partial charge is 0.493 e. The second-order valence-electron chi connectivity index (χ2n) is 5.53. The Hall–Kier alpha value is -3.22. The van der Waals surface area contributed by atoms with Crippen LogP contribution < -0.4 is 10.1 Å². The van der Waals surface area contributed by atoms with E-state index in [4.69, 9.17) is 9.26 Å². The molecule has 134 valence electrons. The van der Waals surface area contributed by atoms with Gasteiger partial charge >= 0.3 is 0 Å². The van der Waals surface area contributed by atoms with Crippen LogP contribution in [-0.2, 0) is 11.2 Å². The number of aromatic nitrogens is 2. The normalized spacial score (nSPS) is 10.5. The fourth-order valence-electron chi connectivity index (χ4n) is 2.25. The van der Waals surface area contributed by atoms with Crippen LogP contribution in [0.3, 0.4) is 0 Å². The predicted molar refractivity (Wildman–Crippen MR) is 93.0 cm³/mol. The highest BCUT2D eigenvalue weighted by molar-refractivity contribution is 5.75. The molecule has 0 fully saturated rings. The Balaban J connectivity index is 1.38. The van der Waals surface area contributed by atoms with Crippen molar-refractivity contribution in [3.63, 3.8) is 0 Å². The first kappa shape index (κ1) is 17.6. The number of rotatable bonds is 8. The summed E-state index contributed by atoms with van der Waals surface area (Å²) in [5, 5.41) is 6.63. The quantitative estimate of drug-likeness (QED) is 0.672. The Morgan fingerprint density at radius 1 is 1.12 bits per heavy atom. The fourth-order valence-corrected chi connectivity index (χ4v) is 2.25. The number of amides is 1. The molecule has 2 aromatic carbocycles. The van der Waals surface area contributed by atoms with Crippen molar-refractivity contribution >= 4 is 5.91 Å². The van der Waals surface area contributed by atoms with E-state index < -0.39 is 0 Å². The van der Waals surface area contributed by atoms with Crippen LogP contribution in [0, 0.1) is 5.82 Å². The molecule has 7 heteroatoms. The molecule has 0 aliphatic heterocycles. The van der Waals surface area contributed by atoms with Crippen molar-refractivity contribution in [2.24, 2.45) is 0 Å². The van der Waals surface area contributed by atoms with Crippen molar-refractivity contribution in [2.45, 2.75) is 12.8 Å². The van der Waals surface area contributed by atoms with Gasteiger partial charge in [-0.2, -0.15) is 4.98 Å². The van der Waals surface area contributed by atoms with E-state index in [9.17, 15) is 9.18 Å². The lowest BCUT2D eigenvalue weighted by molar-refractivity contribution is -0.121. The number of hydrogen-bond donors (Lipinski definition) is 1. The van der Waals surface area contributed by atoms with Crippen LogP contribution in [0.25, 0.3) is 11.4 Å². The van der Waals surface area contributed by atoms with Crippen LogP contribution in [0.4, 0.5) is 4.39 Å². The average molecular weight is 355 g/mol. The Morgan fingerprint density at radius 2 is 1.88 bits per heavy atom. The molecule has 26 heavy (non-hydrogen) atoms. The highest BCUT2D eigenvalue weighted by Gasteiger charge is 2.09. The van der Waals surface area contributed by atoms with Gasteiger partial charge < -0.3 is 14.6 Å². The topological polar surface area (TPSA) is 77.2 Å². The maximum absolute atomic E-state index is 12.9. The molecule has 0 unspecified atom stereocenters. The Bertz CT molecular complexity index is 835. The zero-order valence-corrected chi connectivity index (χ0v) is 14.0. The molecule has 0 bridgehead atoms. The third-order valence-corrected chi connectivity index (χ3v) is 3.57. The zero-order chi connectivity index (χ0) is 18.2. The maximum atomic E-state index is 12.9. The Morgan fingerprint density at radius 3 is 2.65 bits per heavy atom. The predicted octanol–water partition coefficient (Wildman–Crippen LogP) is 3.00. The summed E-state index contributed by atoms with van der Waals surface area (Å²) in [5.74, 6) is 1.10. The summed E-state index contributed by atoms with van der Waals surface area (Å²) < 4.78 is 23.5. The summed E-state index contributed by atoms with van der Waals surface area (Å²) in [4.78, 5) is 16.0. The number of ether oxygens (including phenoxy) is 1. The lowest BCUT2D eigenvalue weighted by atomic mass is 10.2. The molecule has 0 radical (unpaired) electrons. The molecule has 1 heterocycles. The van der Waals surface area contributed by atoms with Crippen LogP contribution in [0.15, 0.2) is 59.1 Å². The molecule has 3 rings (SSSR count). The van der Waals surface area contributed by atoms with Gasteiger partial charge in [0, 0.05) is 18.5 Å². The van der Waals surface area contributed by atoms with E-state index in [1.165, 1.54) is 12.1 Å². The minimum atomic E-state index is -0.323. The maximum Gasteiger partial charge on any atom is 0.228 e. The van der Waals surface area contributed by atoms with Crippen LogP contribution in [0.2, 0.25) is 0 Å². The molecule has 0 aliphatic rings. The van der Waals surface area contributed by atoms with E-state index in [1.807, 2.05) is 30.3 Å². The van der Waals surface area contributed by atoms with Crippen molar-refractivity contribution in [1.29, 1.82) is 0 Å². The van der Waals surface area contributed by atoms with E-state index in [-0.39, 0.29) is 18.1 Å². The molecule has 0 spiro atoms.